The van der Waals surface area contributed by atoms with E-state index in [1.165, 1.54) is 0 Å². The maximum Gasteiger partial charge on any atom is 0.399 e. The highest BCUT2D eigenvalue weighted by Crippen LogP contribution is 2.38. The minimum absolute atomic E-state index is 0.823. The van der Waals surface area contributed by atoms with Gasteiger partial charge < -0.3 is 14.2 Å². The number of halogens is 3. The highest BCUT2D eigenvalue weighted by atomic mass is 19.3. The maximum absolute atomic E-state index is 13.6. The molecule has 0 aromatic heterocycles. The van der Waals surface area contributed by atoms with E-state index in [4.69, 9.17) is 0 Å². The second-order valence-electron chi connectivity index (χ2n) is 4.21. The van der Waals surface area contributed by atoms with Gasteiger partial charge in [0, 0.05) is 20.8 Å². The molecule has 1 aliphatic heterocycles. The lowest BCUT2D eigenvalue weighted by Gasteiger charge is -2.41. The van der Waals surface area contributed by atoms with E-state index < -0.39 is 48.7 Å². The molecule has 1 aliphatic rings. The summed E-state index contributed by atoms with van der Waals surface area (Å²) >= 11 is 0. The molecule has 1 fully saturated rings. The fourth-order valence-electron chi connectivity index (χ4n) is 1.74. The van der Waals surface area contributed by atoms with Crippen molar-refractivity contribution in [3.63, 3.8) is 0 Å². The molecular weight excluding hydrogens is 301 g/mol. The van der Waals surface area contributed by atoms with Crippen LogP contribution in [0.3, 0.4) is 0 Å². The third-order valence-electron chi connectivity index (χ3n) is 2.38. The van der Waals surface area contributed by atoms with Crippen molar-refractivity contribution >= 4 is 17.9 Å². The Morgan fingerprint density at radius 3 is 1.76 bits per heavy atom. The Balaban J connectivity index is 3.15. The summed E-state index contributed by atoms with van der Waals surface area (Å²) in [5.41, 5.74) is 0. The summed E-state index contributed by atoms with van der Waals surface area (Å²) in [6.45, 7) is 2.59. The summed E-state index contributed by atoms with van der Waals surface area (Å²) in [6, 6.07) is 0. The average molecular weight is 314 g/mol. The maximum atomic E-state index is 13.6. The van der Waals surface area contributed by atoms with Crippen molar-refractivity contribution in [1.82, 2.24) is 0 Å². The molecular formula is C11H13F3O7. The summed E-state index contributed by atoms with van der Waals surface area (Å²) < 4.78 is 58.0. The Kier molecular flexibility index (Phi) is 5.15. The number of alkyl halides is 3. The zero-order valence-electron chi connectivity index (χ0n) is 11.3. The average Bonchev–Trinajstić information content (AvgIpc) is 2.27. The number of rotatable bonds is 3. The molecule has 0 saturated carbocycles. The molecule has 4 atom stereocenters. The van der Waals surface area contributed by atoms with Crippen LogP contribution < -0.4 is 0 Å². The lowest BCUT2D eigenvalue weighted by molar-refractivity contribution is -0.390. The molecule has 0 aromatic rings. The predicted octanol–water partition coefficient (Wildman–Crippen LogP) is 0.700. The van der Waals surface area contributed by atoms with Gasteiger partial charge in [-0.15, -0.1) is 0 Å². The van der Waals surface area contributed by atoms with Crippen molar-refractivity contribution in [1.29, 1.82) is 0 Å². The van der Waals surface area contributed by atoms with Crippen LogP contribution in [0.15, 0.2) is 0 Å². The predicted molar refractivity (Wildman–Crippen MR) is 57.6 cm³/mol. The molecule has 0 N–H and O–H groups in total. The first kappa shape index (κ1) is 17.2. The van der Waals surface area contributed by atoms with Crippen LogP contribution in [-0.4, -0.2) is 48.7 Å². The van der Waals surface area contributed by atoms with Crippen LogP contribution in [0, 0.1) is 0 Å². The molecule has 0 unspecified atom stereocenters. The van der Waals surface area contributed by atoms with Crippen molar-refractivity contribution in [3.8, 4) is 0 Å². The molecule has 0 radical (unpaired) electrons. The van der Waals surface area contributed by atoms with Gasteiger partial charge in [0.15, 0.2) is 12.2 Å². The minimum atomic E-state index is -4.26. The summed E-state index contributed by atoms with van der Waals surface area (Å²) in [5, 5.41) is 0. The fourth-order valence-corrected chi connectivity index (χ4v) is 1.74. The molecule has 0 spiro atoms. The van der Waals surface area contributed by atoms with Crippen LogP contribution in [0.25, 0.3) is 0 Å². The summed E-state index contributed by atoms with van der Waals surface area (Å²) in [5.74, 6) is -3.21. The number of hydrogen-bond donors (Lipinski definition) is 0. The lowest BCUT2D eigenvalue weighted by Crippen LogP contribution is -2.63. The van der Waals surface area contributed by atoms with Crippen molar-refractivity contribution in [3.05, 3.63) is 0 Å². The van der Waals surface area contributed by atoms with Crippen molar-refractivity contribution in [2.24, 2.45) is 0 Å². The zero-order valence-corrected chi connectivity index (χ0v) is 11.3. The van der Waals surface area contributed by atoms with Crippen LogP contribution in [0.1, 0.15) is 20.8 Å². The van der Waals surface area contributed by atoms with Gasteiger partial charge in [0.05, 0.1) is 0 Å². The SMILES string of the molecule is CC(=O)O[C@@H]1[C@@H](OC(C)=O)[C@H](OC(C)=O)C(F)(F)O[C@H]1F. The molecule has 1 saturated heterocycles. The highest BCUT2D eigenvalue weighted by molar-refractivity contribution is 5.68. The molecule has 0 amide bonds. The van der Waals surface area contributed by atoms with Crippen LogP contribution in [0.2, 0.25) is 0 Å². The van der Waals surface area contributed by atoms with Crippen molar-refractivity contribution in [2.75, 3.05) is 0 Å². The van der Waals surface area contributed by atoms with E-state index in [1.54, 1.807) is 0 Å². The normalized spacial score (nSPS) is 31.1. The van der Waals surface area contributed by atoms with Gasteiger partial charge in [-0.05, 0) is 0 Å². The number of hydrogen-bond acceptors (Lipinski definition) is 7. The minimum Gasteiger partial charge on any atom is -0.454 e. The molecule has 120 valence electrons. The molecule has 0 aromatic carbocycles. The quantitative estimate of drug-likeness (QED) is 0.559. The van der Waals surface area contributed by atoms with E-state index in [9.17, 15) is 27.6 Å². The number of esters is 3. The smallest absolute Gasteiger partial charge is 0.399 e. The van der Waals surface area contributed by atoms with Gasteiger partial charge in [0.1, 0.15) is 0 Å². The molecule has 7 nitrogen and oxygen atoms in total. The van der Waals surface area contributed by atoms with E-state index in [2.05, 4.69) is 18.9 Å². The van der Waals surface area contributed by atoms with Gasteiger partial charge in [-0.1, -0.05) is 0 Å². The lowest BCUT2D eigenvalue weighted by atomic mass is 10.0. The van der Waals surface area contributed by atoms with Crippen molar-refractivity contribution < 1.29 is 46.5 Å². The zero-order chi connectivity index (χ0) is 16.4. The van der Waals surface area contributed by atoms with Gasteiger partial charge in [-0.3, -0.25) is 19.1 Å². The van der Waals surface area contributed by atoms with E-state index in [-0.39, 0.29) is 0 Å². The molecule has 1 rings (SSSR count). The molecule has 10 heteroatoms. The Hall–Kier alpha value is -1.84. The summed E-state index contributed by atoms with van der Waals surface area (Å²) in [6.07, 6.45) is -13.5. The topological polar surface area (TPSA) is 88.1 Å². The Labute approximate surface area is 117 Å². The van der Waals surface area contributed by atoms with E-state index in [0.717, 1.165) is 20.8 Å². The van der Waals surface area contributed by atoms with Crippen LogP contribution in [-0.2, 0) is 33.3 Å². The summed E-state index contributed by atoms with van der Waals surface area (Å²) in [4.78, 5) is 32.8. The standard InChI is InChI=1S/C11H13F3O7/c1-4(15)18-7-8(19-5(2)16)10(12)21-11(13,14)9(7)20-6(3)17/h7-10H,1-3H3/t7-,8-,9+,10-/m1/s1. The first-order valence-electron chi connectivity index (χ1n) is 5.76. The molecule has 0 bridgehead atoms. The molecule has 0 aliphatic carbocycles. The first-order chi connectivity index (χ1) is 9.54. The Morgan fingerprint density at radius 2 is 1.33 bits per heavy atom. The van der Waals surface area contributed by atoms with Gasteiger partial charge in [-0.25, -0.2) is 4.39 Å². The number of ether oxygens (including phenoxy) is 4. The van der Waals surface area contributed by atoms with Crippen molar-refractivity contribution in [2.45, 2.75) is 51.5 Å². The third kappa shape index (κ3) is 4.31. The van der Waals surface area contributed by atoms with Crippen LogP contribution in [0.4, 0.5) is 13.2 Å². The number of carbonyl (C=O) groups excluding carboxylic acids is 3. The second-order valence-corrected chi connectivity index (χ2v) is 4.21. The Morgan fingerprint density at radius 1 is 0.905 bits per heavy atom. The van der Waals surface area contributed by atoms with Gasteiger partial charge in [0.25, 0.3) is 0 Å². The van der Waals surface area contributed by atoms with Gasteiger partial charge >= 0.3 is 24.0 Å². The largest absolute Gasteiger partial charge is 0.454 e. The first-order valence-corrected chi connectivity index (χ1v) is 5.76. The van der Waals surface area contributed by atoms with E-state index >= 15 is 0 Å². The van der Waals surface area contributed by atoms with E-state index in [1.807, 2.05) is 0 Å². The summed E-state index contributed by atoms with van der Waals surface area (Å²) in [7, 11) is 0. The van der Waals surface area contributed by atoms with Crippen LogP contribution >= 0.6 is 0 Å². The van der Waals surface area contributed by atoms with Crippen LogP contribution in [0.5, 0.6) is 0 Å². The van der Waals surface area contributed by atoms with Gasteiger partial charge in [-0.2, -0.15) is 8.78 Å². The van der Waals surface area contributed by atoms with E-state index in [0.29, 0.717) is 0 Å². The molecule has 1 heterocycles. The second kappa shape index (κ2) is 6.29. The monoisotopic (exact) mass is 314 g/mol. The Bertz CT molecular complexity index is 440. The molecule has 21 heavy (non-hydrogen) atoms. The highest BCUT2D eigenvalue weighted by Gasteiger charge is 2.62. The third-order valence-corrected chi connectivity index (χ3v) is 2.38. The fraction of sp³-hybridized carbons (Fsp3) is 0.727. The van der Waals surface area contributed by atoms with Gasteiger partial charge in [0.2, 0.25) is 12.5 Å². The number of carbonyl (C=O) groups is 3.